The molecule has 54 heavy (non-hydrogen) atoms. The second-order valence-electron chi connectivity index (χ2n) is 20.0. The highest BCUT2D eigenvalue weighted by molar-refractivity contribution is 5.87. The Morgan fingerprint density at radius 3 is 2.52 bits per heavy atom. The van der Waals surface area contributed by atoms with Crippen LogP contribution in [0, 0.1) is 64.1 Å². The van der Waals surface area contributed by atoms with Crippen LogP contribution in [-0.2, 0) is 14.3 Å². The van der Waals surface area contributed by atoms with Gasteiger partial charge in [0.2, 0.25) is 0 Å². The highest BCUT2D eigenvalue weighted by Crippen LogP contribution is 2.76. The van der Waals surface area contributed by atoms with Crippen molar-refractivity contribution >= 4 is 12.3 Å². The van der Waals surface area contributed by atoms with Gasteiger partial charge in [-0.3, -0.25) is 0 Å². The van der Waals surface area contributed by atoms with Crippen LogP contribution in [0.1, 0.15) is 124 Å². The van der Waals surface area contributed by atoms with Gasteiger partial charge in [-0.25, -0.2) is 4.79 Å². The zero-order valence-electron chi connectivity index (χ0n) is 33.5. The Labute approximate surface area is 323 Å². The van der Waals surface area contributed by atoms with Crippen LogP contribution in [0.3, 0.4) is 0 Å². The van der Waals surface area contributed by atoms with Crippen molar-refractivity contribution in [1.29, 1.82) is 0 Å². The molecule has 7 aliphatic carbocycles. The fourth-order valence-electron chi connectivity index (χ4n) is 15.4. The van der Waals surface area contributed by atoms with E-state index in [1.54, 1.807) is 6.08 Å². The lowest BCUT2D eigenvalue weighted by Crippen LogP contribution is -2.81. The standard InChI is InChI=1S/C45H70N2O7/c1-5-6-7-12-30-22-42(26-48)36-15-16-41(3)38-31(19-32(25-47-18-17-46-4)40-34(38)21-37(49)54-40)23-44(41,52)43(36,51)24-33-20-29(27(2)28-10-8-9-11-28)13-14-35(39(30)50)45(33,42)53/h19,21,26-31,33,35-36,38-40,46-47,50-53H,5-18,20,22-25H2,1-4H3/t27-,29-,30+,31+,33-,35+,36+,38+,39-,40-,41+,42-,43-,44+,45-/m0/s1. The number of unbranched alkanes of at least 4 members (excludes halogenated alkanes) is 2. The molecule has 0 spiro atoms. The number of fused-ring (bicyclic) bond motifs is 8. The lowest BCUT2D eigenvalue weighted by atomic mass is 9.35. The Morgan fingerprint density at radius 2 is 1.80 bits per heavy atom. The van der Waals surface area contributed by atoms with Crippen molar-refractivity contribution in [2.75, 3.05) is 26.7 Å². The molecule has 0 aromatic carbocycles. The van der Waals surface area contributed by atoms with Gasteiger partial charge in [0.25, 0.3) is 0 Å². The van der Waals surface area contributed by atoms with Crippen LogP contribution in [0.4, 0.5) is 0 Å². The molecule has 302 valence electrons. The third-order valence-corrected chi connectivity index (χ3v) is 18.0. The molecule has 0 aromatic rings. The van der Waals surface area contributed by atoms with Crippen LogP contribution in [0.2, 0.25) is 0 Å². The van der Waals surface area contributed by atoms with Crippen LogP contribution in [-0.4, -0.2) is 88.4 Å². The molecule has 9 nitrogen and oxygen atoms in total. The molecule has 0 unspecified atom stereocenters. The van der Waals surface area contributed by atoms with Gasteiger partial charge in [-0.05, 0) is 117 Å². The molecule has 1 heterocycles. The minimum Gasteiger partial charge on any atom is -0.450 e. The summed E-state index contributed by atoms with van der Waals surface area (Å²) in [4.78, 5) is 27.2. The first-order valence-electron chi connectivity index (χ1n) is 22.1. The number of carbonyl (C=O) groups excluding carboxylic acids is 2. The van der Waals surface area contributed by atoms with E-state index in [1.165, 1.54) is 25.7 Å². The zero-order chi connectivity index (χ0) is 38.3. The molecule has 0 aromatic heterocycles. The maximum atomic E-state index is 14.3. The van der Waals surface area contributed by atoms with E-state index in [1.807, 2.05) is 7.05 Å². The molecular formula is C45H70N2O7. The zero-order valence-corrected chi connectivity index (χ0v) is 33.5. The van der Waals surface area contributed by atoms with Gasteiger partial charge in [-0.1, -0.05) is 71.8 Å². The van der Waals surface area contributed by atoms with Crippen LogP contribution in [0.15, 0.2) is 23.3 Å². The number of aliphatic hydroxyl groups is 4. The van der Waals surface area contributed by atoms with Crippen molar-refractivity contribution < 1.29 is 34.8 Å². The van der Waals surface area contributed by atoms with E-state index in [0.29, 0.717) is 62.8 Å². The van der Waals surface area contributed by atoms with E-state index in [0.717, 1.165) is 62.6 Å². The summed E-state index contributed by atoms with van der Waals surface area (Å²) < 4.78 is 5.95. The van der Waals surface area contributed by atoms with Crippen molar-refractivity contribution in [1.82, 2.24) is 10.6 Å². The summed E-state index contributed by atoms with van der Waals surface area (Å²) >= 11 is 0. The fourth-order valence-corrected chi connectivity index (χ4v) is 15.4. The third kappa shape index (κ3) is 5.43. The number of hydrogen-bond acceptors (Lipinski definition) is 9. The molecule has 0 radical (unpaired) electrons. The predicted octanol–water partition coefficient (Wildman–Crippen LogP) is 5.24. The quantitative estimate of drug-likeness (QED) is 0.0682. The van der Waals surface area contributed by atoms with Crippen LogP contribution < -0.4 is 10.6 Å². The second-order valence-corrected chi connectivity index (χ2v) is 20.0. The number of carbonyl (C=O) groups is 2. The van der Waals surface area contributed by atoms with Gasteiger partial charge in [0.15, 0.2) is 0 Å². The van der Waals surface area contributed by atoms with Gasteiger partial charge in [-0.15, -0.1) is 0 Å². The molecule has 6 N–H and O–H groups in total. The topological polar surface area (TPSA) is 148 Å². The Morgan fingerprint density at radius 1 is 1.02 bits per heavy atom. The number of hydrogen-bond donors (Lipinski definition) is 6. The number of allylic oxidation sites excluding steroid dienone is 1. The highest BCUT2D eigenvalue weighted by Gasteiger charge is 2.82. The van der Waals surface area contributed by atoms with E-state index in [4.69, 9.17) is 4.74 Å². The number of rotatable bonds is 12. The molecule has 0 saturated heterocycles. The van der Waals surface area contributed by atoms with Gasteiger partial charge in [0.1, 0.15) is 18.0 Å². The third-order valence-electron chi connectivity index (χ3n) is 18.0. The molecule has 8 rings (SSSR count). The minimum absolute atomic E-state index is 0.110. The Hall–Kier alpha value is -1.62. The van der Waals surface area contributed by atoms with Gasteiger partial charge < -0.3 is 40.6 Å². The molecule has 6 fully saturated rings. The Kier molecular flexibility index (Phi) is 10.4. The molecule has 9 heteroatoms. The van der Waals surface area contributed by atoms with E-state index in [2.05, 4.69) is 37.5 Å². The van der Waals surface area contributed by atoms with E-state index in [9.17, 15) is 30.0 Å². The van der Waals surface area contributed by atoms with Crippen LogP contribution in [0.25, 0.3) is 0 Å². The molecule has 0 amide bonds. The predicted molar refractivity (Wildman–Crippen MR) is 207 cm³/mol. The number of aliphatic hydroxyl groups excluding tert-OH is 1. The summed E-state index contributed by atoms with van der Waals surface area (Å²) in [5.41, 5.74) is -4.83. The second kappa shape index (κ2) is 14.3. The van der Waals surface area contributed by atoms with Crippen LogP contribution >= 0.6 is 0 Å². The summed E-state index contributed by atoms with van der Waals surface area (Å²) in [6, 6.07) is 0. The molecule has 6 saturated carbocycles. The van der Waals surface area contributed by atoms with Gasteiger partial charge in [0, 0.05) is 43.0 Å². The van der Waals surface area contributed by atoms with Crippen molar-refractivity contribution in [3.63, 3.8) is 0 Å². The van der Waals surface area contributed by atoms with Crippen LogP contribution in [0.5, 0.6) is 0 Å². The number of likely N-dealkylation sites (N-methyl/N-ethyl adjacent to an activating group) is 1. The number of nitrogens with one attached hydrogen (secondary N) is 2. The van der Waals surface area contributed by atoms with Gasteiger partial charge in [0.05, 0.1) is 22.7 Å². The summed E-state index contributed by atoms with van der Waals surface area (Å²) in [7, 11) is 1.92. The molecule has 0 bridgehead atoms. The summed E-state index contributed by atoms with van der Waals surface area (Å²) in [5.74, 6) is -0.926. The van der Waals surface area contributed by atoms with E-state index >= 15 is 0 Å². The average Bonchev–Trinajstić information content (AvgIpc) is 3.85. The number of aldehydes is 1. The first-order valence-corrected chi connectivity index (χ1v) is 22.1. The SMILES string of the molecule is CCCCC[C@@H]1C[C@]2(C=O)[C@H]3CC[C@]4(C)[C@H]5C6=CC(=O)O[C@H]6C(CNCCNC)=C[C@@H]5C[C@]4(O)[C@]3(O)C[C@@H]3C[C@@H]([C@@H](C)C4CCCC4)CC[C@H]([C@H]1O)[C@@]32O. The summed E-state index contributed by atoms with van der Waals surface area (Å²) in [5, 5.41) is 60.0. The highest BCUT2D eigenvalue weighted by atomic mass is 16.5. The first-order chi connectivity index (χ1) is 25.8. The summed E-state index contributed by atoms with van der Waals surface area (Å²) in [6.45, 7) is 8.81. The normalized spacial score (nSPS) is 48.7. The van der Waals surface area contributed by atoms with E-state index in [-0.39, 0.29) is 30.1 Å². The summed E-state index contributed by atoms with van der Waals surface area (Å²) in [6.07, 6.45) is 16.8. The van der Waals surface area contributed by atoms with Crippen molar-refractivity contribution in [2.45, 2.75) is 153 Å². The van der Waals surface area contributed by atoms with E-state index < -0.39 is 57.6 Å². The number of esters is 1. The smallest absolute Gasteiger partial charge is 0.331 e. The first kappa shape index (κ1) is 39.2. The largest absolute Gasteiger partial charge is 0.450 e. The van der Waals surface area contributed by atoms with Crippen molar-refractivity contribution in [2.24, 2.45) is 64.1 Å². The van der Waals surface area contributed by atoms with Gasteiger partial charge in [-0.2, -0.15) is 0 Å². The molecule has 8 aliphatic rings. The lowest BCUT2D eigenvalue weighted by Gasteiger charge is -2.72. The Bertz CT molecular complexity index is 1510. The maximum Gasteiger partial charge on any atom is 0.331 e. The Balaban J connectivity index is 1.22. The number of ether oxygens (including phenoxy) is 1. The minimum atomic E-state index is -1.64. The fraction of sp³-hybridized carbons (Fsp3) is 0.867. The molecule has 1 aliphatic heterocycles. The average molecular weight is 751 g/mol. The molecular weight excluding hydrogens is 681 g/mol. The van der Waals surface area contributed by atoms with Gasteiger partial charge >= 0.3 is 5.97 Å². The maximum absolute atomic E-state index is 14.3. The van der Waals surface area contributed by atoms with Crippen molar-refractivity contribution in [3.8, 4) is 0 Å². The molecule has 15 atom stereocenters. The lowest BCUT2D eigenvalue weighted by molar-refractivity contribution is -0.346. The monoisotopic (exact) mass is 751 g/mol. The van der Waals surface area contributed by atoms with Crippen molar-refractivity contribution in [3.05, 3.63) is 23.3 Å².